The highest BCUT2D eigenvalue weighted by atomic mass is 16.6. The van der Waals surface area contributed by atoms with Crippen LogP contribution in [0.5, 0.6) is 0 Å². The van der Waals surface area contributed by atoms with Crippen molar-refractivity contribution >= 4 is 12.1 Å². The Morgan fingerprint density at radius 3 is 2.52 bits per heavy atom. The Balaban J connectivity index is 2.20. The maximum absolute atomic E-state index is 12.1. The van der Waals surface area contributed by atoms with E-state index in [-0.39, 0.29) is 6.09 Å². The second-order valence-electron chi connectivity index (χ2n) is 6.04. The molecule has 0 spiro atoms. The minimum absolute atomic E-state index is 0.332. The van der Waals surface area contributed by atoms with Crippen molar-refractivity contribution in [3.05, 3.63) is 17.0 Å². The van der Waals surface area contributed by atoms with Crippen LogP contribution in [-0.4, -0.2) is 46.0 Å². The van der Waals surface area contributed by atoms with Gasteiger partial charge in [0.05, 0.1) is 19.3 Å². The Labute approximate surface area is 123 Å². The number of ether oxygens (including phenoxy) is 2. The molecule has 116 valence electrons. The Hall–Kier alpha value is -2.05. The van der Waals surface area contributed by atoms with Crippen molar-refractivity contribution in [3.63, 3.8) is 0 Å². The number of nitrogens with zero attached hydrogens (tertiary/aromatic N) is 3. The van der Waals surface area contributed by atoms with Gasteiger partial charge in [-0.1, -0.05) is 0 Å². The highest BCUT2D eigenvalue weighted by Crippen LogP contribution is 2.24. The smallest absolute Gasteiger partial charge is 0.410 e. The van der Waals surface area contributed by atoms with Gasteiger partial charge in [-0.15, -0.1) is 0 Å². The van der Waals surface area contributed by atoms with E-state index in [9.17, 15) is 9.59 Å². The van der Waals surface area contributed by atoms with Gasteiger partial charge in [0.1, 0.15) is 5.60 Å². The maximum atomic E-state index is 12.1. The van der Waals surface area contributed by atoms with Crippen LogP contribution in [0.4, 0.5) is 4.79 Å². The molecular weight excluding hydrogens is 274 g/mol. The van der Waals surface area contributed by atoms with Crippen LogP contribution in [0, 0.1) is 0 Å². The lowest BCUT2D eigenvalue weighted by Crippen LogP contribution is -2.40. The molecule has 0 bridgehead atoms. The van der Waals surface area contributed by atoms with Gasteiger partial charge in [-0.05, 0) is 27.2 Å². The summed E-state index contributed by atoms with van der Waals surface area (Å²) in [7, 11) is 3.09. The van der Waals surface area contributed by atoms with Crippen molar-refractivity contribution in [2.75, 3.05) is 13.7 Å². The number of methoxy groups -OCH3 is 1. The minimum Gasteiger partial charge on any atom is -0.464 e. The first-order valence-electron chi connectivity index (χ1n) is 6.84. The summed E-state index contributed by atoms with van der Waals surface area (Å²) >= 11 is 0. The lowest BCUT2D eigenvalue weighted by molar-refractivity contribution is 0.0219. The molecule has 0 fully saturated rings. The van der Waals surface area contributed by atoms with Gasteiger partial charge >= 0.3 is 12.1 Å². The molecule has 2 heterocycles. The Morgan fingerprint density at radius 1 is 1.29 bits per heavy atom. The molecule has 7 nitrogen and oxygen atoms in total. The van der Waals surface area contributed by atoms with Gasteiger partial charge in [-0.2, -0.15) is 5.10 Å². The van der Waals surface area contributed by atoms with Crippen LogP contribution in [0.1, 0.15) is 42.5 Å². The number of aromatic nitrogens is 2. The summed E-state index contributed by atoms with van der Waals surface area (Å²) in [6.45, 7) is 6.38. The molecule has 0 aliphatic carbocycles. The molecule has 0 unspecified atom stereocenters. The zero-order chi connectivity index (χ0) is 15.8. The van der Waals surface area contributed by atoms with Crippen molar-refractivity contribution in [1.82, 2.24) is 14.7 Å². The number of esters is 1. The van der Waals surface area contributed by atoms with Crippen molar-refractivity contribution in [3.8, 4) is 0 Å². The van der Waals surface area contributed by atoms with E-state index in [4.69, 9.17) is 9.47 Å². The molecule has 0 saturated heterocycles. The van der Waals surface area contributed by atoms with E-state index in [2.05, 4.69) is 5.10 Å². The van der Waals surface area contributed by atoms with Crippen molar-refractivity contribution in [2.45, 2.75) is 39.3 Å². The summed E-state index contributed by atoms with van der Waals surface area (Å²) in [6.07, 6.45) is 0.210. The third-order valence-electron chi connectivity index (χ3n) is 3.28. The summed E-state index contributed by atoms with van der Waals surface area (Å²) in [6, 6.07) is 0. The second-order valence-corrected chi connectivity index (χ2v) is 6.04. The van der Waals surface area contributed by atoms with Crippen molar-refractivity contribution in [2.24, 2.45) is 7.05 Å². The zero-order valence-corrected chi connectivity index (χ0v) is 13.1. The van der Waals surface area contributed by atoms with E-state index in [1.165, 1.54) is 7.11 Å². The lowest BCUT2D eigenvalue weighted by atomic mass is 10.0. The molecule has 1 aromatic heterocycles. The van der Waals surface area contributed by atoms with E-state index in [0.29, 0.717) is 25.2 Å². The molecule has 0 radical (unpaired) electrons. The second kappa shape index (κ2) is 5.38. The van der Waals surface area contributed by atoms with E-state index in [1.54, 1.807) is 16.6 Å². The van der Waals surface area contributed by atoms with Crippen LogP contribution >= 0.6 is 0 Å². The molecule has 1 aliphatic rings. The standard InChI is InChI=1S/C14H21N3O4/c1-14(2,3)21-13(19)17-7-6-9-10(8-17)16(4)15-11(9)12(18)20-5/h6-8H2,1-5H3. The summed E-state index contributed by atoms with van der Waals surface area (Å²) in [4.78, 5) is 25.4. The Morgan fingerprint density at radius 2 is 1.95 bits per heavy atom. The van der Waals surface area contributed by atoms with Gasteiger partial charge in [0.25, 0.3) is 0 Å². The first-order valence-corrected chi connectivity index (χ1v) is 6.84. The average molecular weight is 295 g/mol. The summed E-state index contributed by atoms with van der Waals surface area (Å²) < 4.78 is 11.7. The Kier molecular flexibility index (Phi) is 3.93. The fourth-order valence-corrected chi connectivity index (χ4v) is 2.31. The number of hydrogen-bond donors (Lipinski definition) is 0. The van der Waals surface area contributed by atoms with Gasteiger partial charge in [-0.25, -0.2) is 9.59 Å². The fourth-order valence-electron chi connectivity index (χ4n) is 2.31. The molecule has 0 atom stereocenters. The predicted molar refractivity (Wildman–Crippen MR) is 74.9 cm³/mol. The normalized spacial score (nSPS) is 14.6. The molecular formula is C14H21N3O4. The maximum Gasteiger partial charge on any atom is 0.410 e. The van der Waals surface area contributed by atoms with Crippen LogP contribution in [-0.2, 0) is 29.5 Å². The molecule has 1 amide bonds. The van der Waals surface area contributed by atoms with E-state index < -0.39 is 11.6 Å². The largest absolute Gasteiger partial charge is 0.464 e. The third kappa shape index (κ3) is 3.17. The highest BCUT2D eigenvalue weighted by Gasteiger charge is 2.31. The van der Waals surface area contributed by atoms with Crippen molar-refractivity contribution in [1.29, 1.82) is 0 Å². The number of hydrogen-bond acceptors (Lipinski definition) is 5. The van der Waals surface area contributed by atoms with Crippen LogP contribution in [0.2, 0.25) is 0 Å². The quantitative estimate of drug-likeness (QED) is 0.734. The number of carbonyl (C=O) groups is 2. The number of rotatable bonds is 1. The number of aryl methyl sites for hydroxylation is 1. The van der Waals surface area contributed by atoms with Gasteiger partial charge < -0.3 is 14.4 Å². The van der Waals surface area contributed by atoms with Gasteiger partial charge in [0.2, 0.25) is 0 Å². The number of amides is 1. The van der Waals surface area contributed by atoms with Crippen LogP contribution in [0.3, 0.4) is 0 Å². The molecule has 0 saturated carbocycles. The topological polar surface area (TPSA) is 73.7 Å². The molecule has 1 aliphatic heterocycles. The van der Waals surface area contributed by atoms with Gasteiger partial charge in [-0.3, -0.25) is 4.68 Å². The monoisotopic (exact) mass is 295 g/mol. The lowest BCUT2D eigenvalue weighted by Gasteiger charge is -2.30. The molecule has 0 N–H and O–H groups in total. The zero-order valence-electron chi connectivity index (χ0n) is 13.1. The average Bonchev–Trinajstić information content (AvgIpc) is 2.73. The van der Waals surface area contributed by atoms with E-state index in [0.717, 1.165) is 11.3 Å². The molecule has 21 heavy (non-hydrogen) atoms. The number of fused-ring (bicyclic) bond motifs is 1. The summed E-state index contributed by atoms with van der Waals surface area (Å²) in [5.74, 6) is -0.447. The third-order valence-corrected chi connectivity index (χ3v) is 3.28. The highest BCUT2D eigenvalue weighted by molar-refractivity contribution is 5.89. The van der Waals surface area contributed by atoms with Crippen molar-refractivity contribution < 1.29 is 19.1 Å². The first-order chi connectivity index (χ1) is 9.73. The molecule has 7 heteroatoms. The first kappa shape index (κ1) is 15.3. The fraction of sp³-hybridized carbons (Fsp3) is 0.643. The predicted octanol–water partition coefficient (Wildman–Crippen LogP) is 1.50. The molecule has 1 aromatic rings. The SMILES string of the molecule is COC(=O)c1nn(C)c2c1CCN(C(=O)OC(C)(C)C)C2. The van der Waals surface area contributed by atoms with Crippen LogP contribution < -0.4 is 0 Å². The van der Waals surface area contributed by atoms with E-state index in [1.807, 2.05) is 20.8 Å². The molecule has 2 rings (SSSR count). The van der Waals surface area contributed by atoms with E-state index >= 15 is 0 Å². The molecule has 0 aromatic carbocycles. The number of carbonyl (C=O) groups excluding carboxylic acids is 2. The van der Waals surface area contributed by atoms with Gasteiger partial charge in [0, 0.05) is 19.2 Å². The van der Waals surface area contributed by atoms with Crippen LogP contribution in [0.25, 0.3) is 0 Å². The minimum atomic E-state index is -0.527. The van der Waals surface area contributed by atoms with Gasteiger partial charge in [0.15, 0.2) is 5.69 Å². The van der Waals surface area contributed by atoms with Crippen LogP contribution in [0.15, 0.2) is 0 Å². The summed E-state index contributed by atoms with van der Waals surface area (Å²) in [5, 5.41) is 4.19. The summed E-state index contributed by atoms with van der Waals surface area (Å²) in [5.41, 5.74) is 1.50. The Bertz CT molecular complexity index is 572.